The lowest BCUT2D eigenvalue weighted by Crippen LogP contribution is -1.91. The van der Waals surface area contributed by atoms with E-state index in [0.717, 1.165) is 32.7 Å². The van der Waals surface area contributed by atoms with Crippen LogP contribution in [0.5, 0.6) is 0 Å². The second-order valence-corrected chi connectivity index (χ2v) is 10.6. The fourth-order valence-electron chi connectivity index (χ4n) is 6.39. The van der Waals surface area contributed by atoms with Gasteiger partial charge in [-0.05, 0) is 55.1 Å². The summed E-state index contributed by atoms with van der Waals surface area (Å²) < 4.78 is 79.2. The van der Waals surface area contributed by atoms with E-state index in [1.165, 1.54) is 0 Å². The van der Waals surface area contributed by atoms with Crippen LogP contribution in [0.15, 0.2) is 162 Å². The second kappa shape index (κ2) is 9.44. The zero-order valence-electron chi connectivity index (χ0n) is 30.8. The molecule has 0 unspecified atom stereocenters. The highest BCUT2D eigenvalue weighted by molar-refractivity contribution is 6.24. The molecule has 200 valence electrons. The highest BCUT2D eigenvalue weighted by Crippen LogP contribution is 2.47. The van der Waals surface area contributed by atoms with E-state index in [2.05, 4.69) is 0 Å². The van der Waals surface area contributed by atoms with Gasteiger partial charge in [0.05, 0.1) is 11.0 Å². The van der Waals surface area contributed by atoms with Gasteiger partial charge in [0.1, 0.15) is 11.2 Å². The summed E-state index contributed by atoms with van der Waals surface area (Å²) in [7, 11) is 0. The largest absolute Gasteiger partial charge is 0.455 e. The molecule has 0 N–H and O–H groups in total. The molecule has 9 rings (SSSR count). The Morgan fingerprint density at radius 3 is 1.63 bits per heavy atom. The van der Waals surface area contributed by atoms with Gasteiger partial charge in [0.25, 0.3) is 0 Å². The van der Waals surface area contributed by atoms with E-state index < -0.39 is 24.2 Å². The average molecular weight is 555 g/mol. The summed E-state index contributed by atoms with van der Waals surface area (Å²) in [5.41, 5.74) is 4.51. The Hall–Kier alpha value is -5.66. The van der Waals surface area contributed by atoms with E-state index >= 15 is 0 Å². The van der Waals surface area contributed by atoms with Crippen molar-refractivity contribution in [2.45, 2.75) is 0 Å². The third kappa shape index (κ3) is 3.65. The Kier molecular flexibility index (Phi) is 3.80. The molecule has 9 aromatic rings. The maximum absolute atomic E-state index is 9.35. The molecule has 0 aliphatic carbocycles. The van der Waals surface area contributed by atoms with Gasteiger partial charge in [0.15, 0.2) is 0 Å². The van der Waals surface area contributed by atoms with Crippen LogP contribution in [0, 0.1) is 0 Å². The van der Waals surface area contributed by atoms with Crippen molar-refractivity contribution in [3.05, 3.63) is 158 Å². The summed E-state index contributed by atoms with van der Waals surface area (Å²) in [4.78, 5) is 0. The van der Waals surface area contributed by atoms with E-state index in [1.54, 1.807) is 6.07 Å². The minimum atomic E-state index is -0.443. The number of hydrogen-bond donors (Lipinski definition) is 0. The van der Waals surface area contributed by atoms with Crippen LogP contribution in [0.4, 0.5) is 0 Å². The summed E-state index contributed by atoms with van der Waals surface area (Å²) in [5, 5.41) is 4.09. The molecule has 0 aliphatic rings. The van der Waals surface area contributed by atoms with Gasteiger partial charge >= 0.3 is 0 Å². The minimum Gasteiger partial charge on any atom is -0.455 e. The molecule has 1 heterocycles. The average Bonchev–Trinajstić information content (AvgIpc) is 3.56. The first-order valence-corrected chi connectivity index (χ1v) is 14.1. The van der Waals surface area contributed by atoms with Crippen molar-refractivity contribution in [1.82, 2.24) is 0 Å². The van der Waals surface area contributed by atoms with Gasteiger partial charge < -0.3 is 4.42 Å². The number of hydrogen-bond acceptors (Lipinski definition) is 1. The molecule has 0 saturated heterocycles. The molecule has 0 amide bonds. The standard InChI is InChI=1S/C42H26O/c1-2-13-28(14-3-1)31-20-10-21-36-37-22-11-23-38(42(37)43-41(31)36)40-34-18-8-6-16-32(34)39(33-17-7-9-19-35(33)40)30-25-24-27-12-4-5-15-29(27)26-30/h1-26H/i6D,7D,8D,9D,16D,17D,18D,19D. The molecular formula is C42H26O. The first-order valence-electron chi connectivity index (χ1n) is 18.1. The first-order chi connectivity index (χ1) is 24.7. The third-order valence-electron chi connectivity index (χ3n) is 8.29. The Morgan fingerprint density at radius 2 is 0.953 bits per heavy atom. The van der Waals surface area contributed by atoms with Crippen molar-refractivity contribution >= 4 is 54.3 Å². The molecule has 0 bridgehead atoms. The Labute approximate surface area is 260 Å². The van der Waals surface area contributed by atoms with Gasteiger partial charge in [-0.25, -0.2) is 0 Å². The summed E-state index contributed by atoms with van der Waals surface area (Å²) >= 11 is 0. The molecule has 8 aromatic carbocycles. The molecule has 0 radical (unpaired) electrons. The Balaban J connectivity index is 1.53. The minimum absolute atomic E-state index is 0.151. The SMILES string of the molecule is [2H]c1c([2H])c([2H])c2c(-c3cccc4c3oc3c(-c5ccccc5)cccc34)c3c([2H])c([2H])c([2H])c([2H])c3c(-c3ccc4ccccc4c3)c2c1[2H]. The van der Waals surface area contributed by atoms with Crippen LogP contribution in [0.3, 0.4) is 0 Å². The van der Waals surface area contributed by atoms with E-state index in [-0.39, 0.29) is 51.3 Å². The fourth-order valence-corrected chi connectivity index (χ4v) is 6.39. The number of rotatable bonds is 3. The van der Waals surface area contributed by atoms with E-state index in [4.69, 9.17) is 9.90 Å². The lowest BCUT2D eigenvalue weighted by molar-refractivity contribution is 0.671. The van der Waals surface area contributed by atoms with Crippen LogP contribution in [-0.4, -0.2) is 0 Å². The van der Waals surface area contributed by atoms with E-state index in [1.807, 2.05) is 103 Å². The van der Waals surface area contributed by atoms with Crippen molar-refractivity contribution in [2.75, 3.05) is 0 Å². The molecule has 1 heteroatoms. The van der Waals surface area contributed by atoms with Gasteiger partial charge in [-0.1, -0.05) is 151 Å². The van der Waals surface area contributed by atoms with Crippen LogP contribution < -0.4 is 0 Å². The first kappa shape index (κ1) is 17.3. The van der Waals surface area contributed by atoms with Crippen LogP contribution in [-0.2, 0) is 0 Å². The number of benzene rings is 8. The maximum atomic E-state index is 9.35. The van der Waals surface area contributed by atoms with Crippen LogP contribution in [0.25, 0.3) is 87.6 Å². The predicted octanol–water partition coefficient (Wildman–Crippen LogP) is 12.0. The van der Waals surface area contributed by atoms with Gasteiger partial charge in [0.2, 0.25) is 0 Å². The van der Waals surface area contributed by atoms with Gasteiger partial charge in [0, 0.05) is 27.5 Å². The van der Waals surface area contributed by atoms with Gasteiger partial charge in [-0.15, -0.1) is 0 Å². The summed E-state index contributed by atoms with van der Waals surface area (Å²) in [5.74, 6) is 0. The molecule has 0 atom stereocenters. The number of fused-ring (bicyclic) bond motifs is 6. The number of para-hydroxylation sites is 2. The highest BCUT2D eigenvalue weighted by atomic mass is 16.3. The zero-order valence-corrected chi connectivity index (χ0v) is 22.8. The van der Waals surface area contributed by atoms with E-state index in [0.29, 0.717) is 27.9 Å². The lowest BCUT2D eigenvalue weighted by Gasteiger charge is -2.18. The topological polar surface area (TPSA) is 13.1 Å². The highest BCUT2D eigenvalue weighted by Gasteiger charge is 2.21. The van der Waals surface area contributed by atoms with Crippen LogP contribution in [0.2, 0.25) is 0 Å². The molecule has 0 fully saturated rings. The van der Waals surface area contributed by atoms with Crippen molar-refractivity contribution in [2.24, 2.45) is 0 Å². The molecule has 0 saturated carbocycles. The summed E-state index contributed by atoms with van der Waals surface area (Å²) in [6.07, 6.45) is 0. The molecule has 43 heavy (non-hydrogen) atoms. The smallest absolute Gasteiger partial charge is 0.143 e. The maximum Gasteiger partial charge on any atom is 0.143 e. The second-order valence-electron chi connectivity index (χ2n) is 10.6. The number of furan rings is 1. The predicted molar refractivity (Wildman–Crippen MR) is 183 cm³/mol. The molecule has 1 aromatic heterocycles. The van der Waals surface area contributed by atoms with Crippen molar-refractivity contribution in [3.8, 4) is 33.4 Å². The monoisotopic (exact) mass is 554 g/mol. The lowest BCUT2D eigenvalue weighted by atomic mass is 9.85. The molecular weight excluding hydrogens is 520 g/mol. The quantitative estimate of drug-likeness (QED) is 0.198. The van der Waals surface area contributed by atoms with Crippen molar-refractivity contribution in [1.29, 1.82) is 0 Å². The fraction of sp³-hybridized carbons (Fsp3) is 0. The Morgan fingerprint density at radius 1 is 0.395 bits per heavy atom. The van der Waals surface area contributed by atoms with Gasteiger partial charge in [-0.3, -0.25) is 0 Å². The summed E-state index contributed by atoms with van der Waals surface area (Å²) in [6.45, 7) is 0. The molecule has 0 spiro atoms. The van der Waals surface area contributed by atoms with Crippen molar-refractivity contribution in [3.63, 3.8) is 0 Å². The normalized spacial score (nSPS) is 14.3. The molecule has 1 nitrogen and oxygen atoms in total. The van der Waals surface area contributed by atoms with Crippen LogP contribution in [0.1, 0.15) is 11.0 Å². The van der Waals surface area contributed by atoms with Crippen molar-refractivity contribution < 1.29 is 15.4 Å². The van der Waals surface area contributed by atoms with Crippen LogP contribution >= 0.6 is 0 Å². The third-order valence-corrected chi connectivity index (χ3v) is 8.29. The zero-order chi connectivity index (χ0) is 35.3. The van der Waals surface area contributed by atoms with Gasteiger partial charge in [-0.2, -0.15) is 0 Å². The summed E-state index contributed by atoms with van der Waals surface area (Å²) in [6, 6.07) is 31.7. The van der Waals surface area contributed by atoms with E-state index in [9.17, 15) is 5.48 Å². The molecule has 0 aliphatic heterocycles. The Bertz CT molecular complexity index is 2870.